The van der Waals surface area contributed by atoms with Gasteiger partial charge in [0.05, 0.1) is 13.2 Å². The second-order valence-electron chi connectivity index (χ2n) is 2.64. The molecular formula is C8H6BF3NO-. The molecule has 74 valence electrons. The van der Waals surface area contributed by atoms with Crippen molar-refractivity contribution in [2.45, 2.75) is 0 Å². The first-order valence-corrected chi connectivity index (χ1v) is 3.77. The van der Waals surface area contributed by atoms with Gasteiger partial charge in [-0.05, 0) is 12.1 Å². The predicted octanol–water partition coefficient (Wildman–Crippen LogP) is 1.62. The summed E-state index contributed by atoms with van der Waals surface area (Å²) >= 11 is 0. The summed E-state index contributed by atoms with van der Waals surface area (Å²) in [6.45, 7) is -5.14. The van der Waals surface area contributed by atoms with Crippen LogP contribution in [0.2, 0.25) is 0 Å². The quantitative estimate of drug-likeness (QED) is 0.679. The van der Waals surface area contributed by atoms with E-state index >= 15 is 0 Å². The normalized spacial score (nSPS) is 10.8. The van der Waals surface area contributed by atoms with Crippen molar-refractivity contribution in [1.29, 1.82) is 5.26 Å². The van der Waals surface area contributed by atoms with E-state index in [0.717, 1.165) is 12.1 Å². The molecule has 0 aliphatic rings. The zero-order valence-electron chi connectivity index (χ0n) is 7.30. The average Bonchev–Trinajstić information content (AvgIpc) is 2.15. The highest BCUT2D eigenvalue weighted by Crippen LogP contribution is 2.16. The number of halogens is 3. The van der Waals surface area contributed by atoms with Crippen molar-refractivity contribution in [2.75, 3.05) is 7.11 Å². The molecular weight excluding hydrogens is 194 g/mol. The van der Waals surface area contributed by atoms with Crippen molar-refractivity contribution >= 4 is 12.4 Å². The molecule has 2 nitrogen and oxygen atoms in total. The van der Waals surface area contributed by atoms with Gasteiger partial charge in [-0.25, -0.2) is 0 Å². The Morgan fingerprint density at radius 3 is 2.43 bits per heavy atom. The third-order valence-electron chi connectivity index (χ3n) is 1.73. The molecule has 1 rings (SSSR count). The Hall–Kier alpha value is -1.64. The van der Waals surface area contributed by atoms with Crippen molar-refractivity contribution in [1.82, 2.24) is 0 Å². The van der Waals surface area contributed by atoms with Crippen LogP contribution in [0.3, 0.4) is 0 Å². The smallest absolute Gasteiger partial charge is 0.497 e. The van der Waals surface area contributed by atoms with Crippen molar-refractivity contribution < 1.29 is 17.7 Å². The van der Waals surface area contributed by atoms with Crippen LogP contribution in [0.15, 0.2) is 18.2 Å². The molecule has 0 aliphatic carbocycles. The summed E-state index contributed by atoms with van der Waals surface area (Å²) in [6, 6.07) is 4.61. The molecule has 0 saturated heterocycles. The number of rotatable bonds is 2. The molecule has 0 amide bonds. The summed E-state index contributed by atoms with van der Waals surface area (Å²) in [6.07, 6.45) is 0. The maximum absolute atomic E-state index is 12.3. The van der Waals surface area contributed by atoms with Gasteiger partial charge < -0.3 is 17.7 Å². The fourth-order valence-corrected chi connectivity index (χ4v) is 1.04. The van der Waals surface area contributed by atoms with E-state index in [4.69, 9.17) is 10.00 Å². The molecule has 0 N–H and O–H groups in total. The van der Waals surface area contributed by atoms with E-state index < -0.39 is 18.0 Å². The minimum Gasteiger partial charge on any atom is -0.497 e. The molecule has 0 heterocycles. The van der Waals surface area contributed by atoms with Crippen LogP contribution < -0.4 is 10.2 Å². The zero-order chi connectivity index (χ0) is 10.8. The molecule has 14 heavy (non-hydrogen) atoms. The molecule has 0 fully saturated rings. The molecule has 0 bridgehead atoms. The van der Waals surface area contributed by atoms with Gasteiger partial charge in [0, 0.05) is 5.56 Å². The Bertz CT molecular complexity index is 383. The molecule has 1 aromatic rings. The topological polar surface area (TPSA) is 33.0 Å². The van der Waals surface area contributed by atoms with Crippen molar-refractivity contribution in [3.05, 3.63) is 23.8 Å². The summed E-state index contributed by atoms with van der Waals surface area (Å²) in [5.41, 5.74) is -1.29. The highest BCUT2D eigenvalue weighted by atomic mass is 19.4. The molecule has 0 radical (unpaired) electrons. The van der Waals surface area contributed by atoms with Crippen LogP contribution in [0.25, 0.3) is 0 Å². The highest BCUT2D eigenvalue weighted by molar-refractivity contribution is 6.74. The van der Waals surface area contributed by atoms with Crippen LogP contribution in [0, 0.1) is 11.3 Å². The van der Waals surface area contributed by atoms with Crippen LogP contribution in [0.1, 0.15) is 5.56 Å². The number of hydrogen-bond acceptors (Lipinski definition) is 2. The first kappa shape index (κ1) is 10.4. The summed E-state index contributed by atoms with van der Waals surface area (Å²) in [5.74, 6) is 0.241. The molecule has 1 aromatic carbocycles. The van der Waals surface area contributed by atoms with E-state index in [-0.39, 0.29) is 5.75 Å². The van der Waals surface area contributed by atoms with Crippen LogP contribution in [-0.2, 0) is 0 Å². The molecule has 0 saturated carbocycles. The third-order valence-corrected chi connectivity index (χ3v) is 1.73. The SMILES string of the molecule is COc1ccc([B-](F)(F)F)c(C#N)c1. The van der Waals surface area contributed by atoms with Gasteiger partial charge in [0.2, 0.25) is 0 Å². The molecule has 0 atom stereocenters. The number of benzene rings is 1. The van der Waals surface area contributed by atoms with Crippen molar-refractivity contribution in [2.24, 2.45) is 0 Å². The molecule has 0 spiro atoms. The van der Waals surface area contributed by atoms with Gasteiger partial charge >= 0.3 is 6.98 Å². The Morgan fingerprint density at radius 1 is 1.36 bits per heavy atom. The lowest BCUT2D eigenvalue weighted by atomic mass is 9.77. The van der Waals surface area contributed by atoms with E-state index in [1.165, 1.54) is 19.2 Å². The van der Waals surface area contributed by atoms with E-state index in [9.17, 15) is 12.9 Å². The number of hydrogen-bond donors (Lipinski definition) is 0. The van der Waals surface area contributed by atoms with Gasteiger partial charge in [-0.2, -0.15) is 5.26 Å². The van der Waals surface area contributed by atoms with Crippen LogP contribution in [0.5, 0.6) is 5.75 Å². The molecule has 6 heteroatoms. The Balaban J connectivity index is 3.28. The lowest BCUT2D eigenvalue weighted by Gasteiger charge is -2.16. The number of nitrogens with zero attached hydrogens (tertiary/aromatic N) is 1. The number of methoxy groups -OCH3 is 1. The minimum atomic E-state index is -5.14. The number of nitriles is 1. The maximum Gasteiger partial charge on any atom is 0.510 e. The zero-order valence-corrected chi connectivity index (χ0v) is 7.30. The summed E-state index contributed by atoms with van der Waals surface area (Å²) in [5, 5.41) is 8.51. The van der Waals surface area contributed by atoms with Crippen LogP contribution >= 0.6 is 0 Å². The third kappa shape index (κ3) is 1.99. The lowest BCUT2D eigenvalue weighted by molar-refractivity contribution is 0.414. The van der Waals surface area contributed by atoms with Crippen molar-refractivity contribution in [3.8, 4) is 11.8 Å². The van der Waals surface area contributed by atoms with Gasteiger partial charge in [-0.3, -0.25) is 0 Å². The van der Waals surface area contributed by atoms with E-state index in [2.05, 4.69) is 0 Å². The number of ether oxygens (including phenoxy) is 1. The van der Waals surface area contributed by atoms with Gasteiger partial charge in [-0.15, -0.1) is 0 Å². The van der Waals surface area contributed by atoms with Gasteiger partial charge in [0.25, 0.3) is 0 Å². The minimum absolute atomic E-state index is 0.241. The summed E-state index contributed by atoms with van der Waals surface area (Å²) in [7, 11) is 1.33. The average molecular weight is 200 g/mol. The lowest BCUT2D eigenvalue weighted by Crippen LogP contribution is -2.36. The fourth-order valence-electron chi connectivity index (χ4n) is 1.04. The molecule has 0 aromatic heterocycles. The Morgan fingerprint density at radius 2 is 2.00 bits per heavy atom. The Labute approximate surface area is 79.0 Å². The standard InChI is InChI=1S/C8H6BF3NO/c1-14-7-2-3-8(9(10,11)12)6(4-7)5-13/h2-4H,1H3/q-1. The first-order valence-electron chi connectivity index (χ1n) is 3.77. The fraction of sp³-hybridized carbons (Fsp3) is 0.125. The second kappa shape index (κ2) is 3.62. The maximum atomic E-state index is 12.3. The van der Waals surface area contributed by atoms with Gasteiger partial charge in [-0.1, -0.05) is 11.5 Å². The molecule has 0 unspecified atom stereocenters. The molecule has 0 aliphatic heterocycles. The van der Waals surface area contributed by atoms with Crippen molar-refractivity contribution in [3.63, 3.8) is 0 Å². The largest absolute Gasteiger partial charge is 0.510 e. The Kier molecular flexibility index (Phi) is 2.70. The van der Waals surface area contributed by atoms with E-state index in [1.54, 1.807) is 0 Å². The second-order valence-corrected chi connectivity index (χ2v) is 2.64. The van der Waals surface area contributed by atoms with E-state index in [0.29, 0.717) is 0 Å². The van der Waals surface area contributed by atoms with Gasteiger partial charge in [0.1, 0.15) is 5.75 Å². The predicted molar refractivity (Wildman–Crippen MR) is 46.4 cm³/mol. The van der Waals surface area contributed by atoms with E-state index in [1.807, 2.05) is 0 Å². The summed E-state index contributed by atoms with van der Waals surface area (Å²) in [4.78, 5) is 0. The highest BCUT2D eigenvalue weighted by Gasteiger charge is 2.28. The summed E-state index contributed by atoms with van der Waals surface area (Å²) < 4.78 is 41.7. The van der Waals surface area contributed by atoms with Crippen LogP contribution in [-0.4, -0.2) is 14.1 Å². The van der Waals surface area contributed by atoms with Gasteiger partial charge in [0.15, 0.2) is 0 Å². The first-order chi connectivity index (χ1) is 6.49. The van der Waals surface area contributed by atoms with Crippen LogP contribution in [0.4, 0.5) is 12.9 Å². The monoisotopic (exact) mass is 200 g/mol.